The van der Waals surface area contributed by atoms with Crippen LogP contribution < -0.4 is 4.74 Å². The number of rotatable bonds is 10. The molecule has 0 radical (unpaired) electrons. The van der Waals surface area contributed by atoms with Crippen LogP contribution in [0.5, 0.6) is 5.75 Å². The standard InChI is InChI=1S/C24H29N3O4/c1-4-12-26(24(29)19-8-5-10-21(15-19)30-3)18-23(28)27(17-22-11-7-14-31-22)16-20-9-6-13-25(20)2/h5-11,13-15H,4,12,16-18H2,1-3H3. The summed E-state index contributed by atoms with van der Waals surface area (Å²) in [6, 6.07) is 14.6. The fourth-order valence-corrected chi connectivity index (χ4v) is 3.40. The van der Waals surface area contributed by atoms with E-state index in [-0.39, 0.29) is 18.4 Å². The molecule has 0 aliphatic heterocycles. The molecule has 31 heavy (non-hydrogen) atoms. The van der Waals surface area contributed by atoms with E-state index in [9.17, 15) is 9.59 Å². The predicted octanol–water partition coefficient (Wildman–Crippen LogP) is 3.71. The van der Waals surface area contributed by atoms with Crippen molar-refractivity contribution in [2.24, 2.45) is 7.05 Å². The molecule has 0 atom stereocenters. The van der Waals surface area contributed by atoms with Gasteiger partial charge in [-0.25, -0.2) is 0 Å². The average molecular weight is 424 g/mol. The monoisotopic (exact) mass is 423 g/mol. The highest BCUT2D eigenvalue weighted by Gasteiger charge is 2.23. The number of hydrogen-bond acceptors (Lipinski definition) is 4. The average Bonchev–Trinajstić information content (AvgIpc) is 3.44. The van der Waals surface area contributed by atoms with Gasteiger partial charge in [0.2, 0.25) is 5.91 Å². The molecule has 164 valence electrons. The minimum absolute atomic E-state index is 0.00495. The Hall–Kier alpha value is -3.48. The molecule has 7 heteroatoms. The molecule has 0 spiro atoms. The van der Waals surface area contributed by atoms with Crippen molar-refractivity contribution in [1.82, 2.24) is 14.4 Å². The second-order valence-corrected chi connectivity index (χ2v) is 7.40. The zero-order valence-electron chi connectivity index (χ0n) is 18.3. The summed E-state index contributed by atoms with van der Waals surface area (Å²) in [7, 11) is 3.51. The van der Waals surface area contributed by atoms with Crippen LogP contribution in [0.3, 0.4) is 0 Å². The van der Waals surface area contributed by atoms with Crippen LogP contribution in [0.15, 0.2) is 65.4 Å². The number of benzene rings is 1. The number of nitrogens with zero attached hydrogens (tertiary/aromatic N) is 3. The Bertz CT molecular complexity index is 994. The first-order chi connectivity index (χ1) is 15.0. The molecule has 7 nitrogen and oxygen atoms in total. The van der Waals surface area contributed by atoms with Gasteiger partial charge in [0.1, 0.15) is 18.1 Å². The van der Waals surface area contributed by atoms with Gasteiger partial charge < -0.3 is 23.5 Å². The Balaban J connectivity index is 1.79. The molecule has 0 bridgehead atoms. The number of carbonyl (C=O) groups excluding carboxylic acids is 2. The zero-order chi connectivity index (χ0) is 22.2. The Morgan fingerprint density at radius 3 is 2.55 bits per heavy atom. The molecule has 0 unspecified atom stereocenters. The number of methoxy groups -OCH3 is 1. The Kier molecular flexibility index (Phi) is 7.54. The van der Waals surface area contributed by atoms with Crippen molar-refractivity contribution in [2.75, 3.05) is 20.2 Å². The highest BCUT2D eigenvalue weighted by molar-refractivity contribution is 5.96. The normalized spacial score (nSPS) is 10.7. The number of carbonyl (C=O) groups is 2. The van der Waals surface area contributed by atoms with Gasteiger partial charge in [0.25, 0.3) is 5.91 Å². The second-order valence-electron chi connectivity index (χ2n) is 7.40. The fraction of sp³-hybridized carbons (Fsp3) is 0.333. The van der Waals surface area contributed by atoms with Gasteiger partial charge in [-0.15, -0.1) is 0 Å². The van der Waals surface area contributed by atoms with E-state index >= 15 is 0 Å². The van der Waals surface area contributed by atoms with E-state index in [1.165, 1.54) is 0 Å². The minimum Gasteiger partial charge on any atom is -0.497 e. The maximum absolute atomic E-state index is 13.3. The van der Waals surface area contributed by atoms with Gasteiger partial charge in [-0.3, -0.25) is 9.59 Å². The zero-order valence-corrected chi connectivity index (χ0v) is 18.3. The van der Waals surface area contributed by atoms with Crippen molar-refractivity contribution in [3.8, 4) is 5.75 Å². The van der Waals surface area contributed by atoms with Gasteiger partial charge in [0.15, 0.2) is 0 Å². The van der Waals surface area contributed by atoms with Crippen molar-refractivity contribution in [1.29, 1.82) is 0 Å². The van der Waals surface area contributed by atoms with E-state index in [0.29, 0.717) is 36.7 Å². The summed E-state index contributed by atoms with van der Waals surface area (Å²) in [6.07, 6.45) is 4.29. The lowest BCUT2D eigenvalue weighted by molar-refractivity contribution is -0.133. The molecule has 0 N–H and O–H groups in total. The van der Waals surface area contributed by atoms with Gasteiger partial charge in [-0.1, -0.05) is 13.0 Å². The first-order valence-corrected chi connectivity index (χ1v) is 10.4. The van der Waals surface area contributed by atoms with E-state index in [2.05, 4.69) is 0 Å². The van der Waals surface area contributed by atoms with E-state index in [0.717, 1.165) is 12.1 Å². The van der Waals surface area contributed by atoms with Crippen molar-refractivity contribution in [3.63, 3.8) is 0 Å². The summed E-state index contributed by atoms with van der Waals surface area (Å²) in [5.41, 5.74) is 1.50. The maximum atomic E-state index is 13.3. The number of aromatic nitrogens is 1. The van der Waals surface area contributed by atoms with Crippen LogP contribution in [0.2, 0.25) is 0 Å². The van der Waals surface area contributed by atoms with Crippen molar-refractivity contribution in [3.05, 3.63) is 78.0 Å². The predicted molar refractivity (Wildman–Crippen MR) is 118 cm³/mol. The van der Waals surface area contributed by atoms with Gasteiger partial charge in [-0.05, 0) is 48.9 Å². The smallest absolute Gasteiger partial charge is 0.254 e. The third-order valence-electron chi connectivity index (χ3n) is 5.11. The van der Waals surface area contributed by atoms with E-state index in [1.54, 1.807) is 53.5 Å². The van der Waals surface area contributed by atoms with Crippen LogP contribution in [0, 0.1) is 0 Å². The molecule has 2 aromatic heterocycles. The third-order valence-corrected chi connectivity index (χ3v) is 5.11. The van der Waals surface area contributed by atoms with Gasteiger partial charge in [-0.2, -0.15) is 0 Å². The van der Waals surface area contributed by atoms with Crippen molar-refractivity contribution in [2.45, 2.75) is 26.4 Å². The summed E-state index contributed by atoms with van der Waals surface area (Å²) in [5, 5.41) is 0. The molecule has 0 saturated heterocycles. The Labute approximate surface area is 182 Å². The molecule has 0 aliphatic carbocycles. The van der Waals surface area contributed by atoms with Crippen LogP contribution in [-0.4, -0.2) is 46.4 Å². The van der Waals surface area contributed by atoms with E-state index < -0.39 is 0 Å². The first kappa shape index (κ1) is 22.2. The topological polar surface area (TPSA) is 67.9 Å². The quantitative estimate of drug-likeness (QED) is 0.499. The van der Waals surface area contributed by atoms with Gasteiger partial charge in [0, 0.05) is 31.0 Å². The van der Waals surface area contributed by atoms with Crippen molar-refractivity contribution >= 4 is 11.8 Å². The molecule has 3 aromatic rings. The number of amides is 2. The number of furan rings is 1. The maximum Gasteiger partial charge on any atom is 0.254 e. The lowest BCUT2D eigenvalue weighted by atomic mass is 10.1. The highest BCUT2D eigenvalue weighted by Crippen LogP contribution is 2.16. The third kappa shape index (κ3) is 5.78. The minimum atomic E-state index is -0.189. The van der Waals surface area contributed by atoms with Gasteiger partial charge in [0.05, 0.1) is 26.5 Å². The summed E-state index contributed by atoms with van der Waals surface area (Å²) in [5.74, 6) is 0.980. The number of ether oxygens (including phenoxy) is 1. The van der Waals surface area contributed by atoms with Crippen LogP contribution in [0.4, 0.5) is 0 Å². The SMILES string of the molecule is CCCN(CC(=O)N(Cc1ccco1)Cc1cccn1C)C(=O)c1cccc(OC)c1. The van der Waals surface area contributed by atoms with Crippen LogP contribution in [0.25, 0.3) is 0 Å². The largest absolute Gasteiger partial charge is 0.497 e. The molecule has 0 aliphatic rings. The van der Waals surface area contributed by atoms with Crippen LogP contribution >= 0.6 is 0 Å². The van der Waals surface area contributed by atoms with Gasteiger partial charge >= 0.3 is 0 Å². The van der Waals surface area contributed by atoms with Crippen LogP contribution in [0.1, 0.15) is 35.2 Å². The second kappa shape index (κ2) is 10.5. The summed E-state index contributed by atoms with van der Waals surface area (Å²) < 4.78 is 12.7. The first-order valence-electron chi connectivity index (χ1n) is 10.4. The van der Waals surface area contributed by atoms with E-state index in [1.807, 2.05) is 42.9 Å². The highest BCUT2D eigenvalue weighted by atomic mass is 16.5. The molecule has 2 amide bonds. The number of hydrogen-bond donors (Lipinski definition) is 0. The molecule has 0 saturated carbocycles. The summed E-state index contributed by atoms with van der Waals surface area (Å²) in [6.45, 7) is 3.23. The molecule has 2 heterocycles. The molecule has 0 fully saturated rings. The Morgan fingerprint density at radius 1 is 1.06 bits per heavy atom. The molecular weight excluding hydrogens is 394 g/mol. The lowest BCUT2D eigenvalue weighted by Gasteiger charge is -2.27. The Morgan fingerprint density at radius 2 is 1.90 bits per heavy atom. The molecule has 1 aromatic carbocycles. The summed E-state index contributed by atoms with van der Waals surface area (Å²) in [4.78, 5) is 29.7. The molecular formula is C24H29N3O4. The molecule has 3 rings (SSSR count). The van der Waals surface area contributed by atoms with E-state index in [4.69, 9.17) is 9.15 Å². The summed E-state index contributed by atoms with van der Waals surface area (Å²) >= 11 is 0. The number of aryl methyl sites for hydroxylation is 1. The van der Waals surface area contributed by atoms with Crippen LogP contribution in [-0.2, 0) is 24.9 Å². The van der Waals surface area contributed by atoms with Crippen molar-refractivity contribution < 1.29 is 18.7 Å². The fourth-order valence-electron chi connectivity index (χ4n) is 3.40. The lowest BCUT2D eigenvalue weighted by Crippen LogP contribution is -2.43.